The minimum Gasteiger partial charge on any atom is -0.466 e. The van der Waals surface area contributed by atoms with Gasteiger partial charge in [0.05, 0.1) is 38.1 Å². The normalized spacial score (nSPS) is 12.3. The Morgan fingerprint density at radius 1 is 0.253 bits per heavy atom. The number of esters is 5. The van der Waals surface area contributed by atoms with Crippen molar-refractivity contribution in [1.82, 2.24) is 0 Å². The molecule has 0 aliphatic carbocycles. The van der Waals surface area contributed by atoms with Crippen LogP contribution >= 0.6 is 0 Å². The first-order valence-electron chi connectivity index (χ1n) is 39.6. The quantitative estimate of drug-likeness (QED) is 0.0336. The van der Waals surface area contributed by atoms with Crippen molar-refractivity contribution in [2.24, 2.45) is 5.41 Å². The summed E-state index contributed by atoms with van der Waals surface area (Å²) in [5.41, 5.74) is -4.11. The molecule has 0 aromatic rings. The number of carbonyl (C=O) groups excluding carboxylic acids is 5. The molecule has 1 atom stereocenters. The van der Waals surface area contributed by atoms with E-state index in [1.165, 1.54) is 270 Å². The maximum Gasteiger partial charge on any atom is 0.339 e. The van der Waals surface area contributed by atoms with Gasteiger partial charge in [0.25, 0.3) is 0 Å². The van der Waals surface area contributed by atoms with Gasteiger partial charge in [-0.1, -0.05) is 374 Å². The van der Waals surface area contributed by atoms with Crippen LogP contribution in [0.15, 0.2) is 0 Å². The van der Waals surface area contributed by atoms with Crippen LogP contribution < -0.4 is 0 Å². The Labute approximate surface area is 561 Å². The first-order valence-corrected chi connectivity index (χ1v) is 39.6. The van der Waals surface area contributed by atoms with Crippen molar-refractivity contribution < 1.29 is 57.9 Å². The van der Waals surface area contributed by atoms with Crippen molar-refractivity contribution in [1.29, 1.82) is 0 Å². The average Bonchev–Trinajstić information content (AvgIpc) is 1.10. The molecule has 12 nitrogen and oxygen atoms in total. The van der Waals surface area contributed by atoms with Crippen molar-refractivity contribution in [2.75, 3.05) is 39.6 Å². The summed E-state index contributed by atoms with van der Waals surface area (Å²) < 4.78 is 28.2. The predicted molar refractivity (Wildman–Crippen MR) is 378 cm³/mol. The van der Waals surface area contributed by atoms with Gasteiger partial charge in [0.2, 0.25) is 0 Å². The lowest BCUT2D eigenvalue weighted by molar-refractivity contribution is -0.180. The maximum absolute atomic E-state index is 13.8. The molecule has 0 bridgehead atoms. The van der Waals surface area contributed by atoms with E-state index in [-0.39, 0.29) is 26.1 Å². The van der Waals surface area contributed by atoms with Gasteiger partial charge in [-0.3, -0.25) is 19.2 Å². The molecule has 0 spiro atoms. The summed E-state index contributed by atoms with van der Waals surface area (Å²) >= 11 is 0. The summed E-state index contributed by atoms with van der Waals surface area (Å²) in [6, 6.07) is 0. The van der Waals surface area contributed by atoms with Gasteiger partial charge in [0.1, 0.15) is 19.8 Å². The molecular weight excluding hydrogens is 1140 g/mol. The first kappa shape index (κ1) is 88.3. The van der Waals surface area contributed by atoms with Crippen molar-refractivity contribution in [3.63, 3.8) is 0 Å². The number of hydrogen-bond acceptors (Lipinski definition) is 12. The van der Waals surface area contributed by atoms with Crippen molar-refractivity contribution in [2.45, 2.75) is 431 Å². The highest BCUT2D eigenvalue weighted by Crippen LogP contribution is 2.26. The van der Waals surface area contributed by atoms with Crippen LogP contribution in [0.3, 0.4) is 0 Å². The van der Waals surface area contributed by atoms with E-state index in [2.05, 4.69) is 27.7 Å². The number of rotatable bonds is 74. The molecule has 0 rings (SSSR count). The van der Waals surface area contributed by atoms with Crippen LogP contribution in [0.2, 0.25) is 0 Å². The van der Waals surface area contributed by atoms with E-state index in [1.807, 2.05) is 0 Å². The monoisotopic (exact) mass is 1290 g/mol. The topological polar surface area (TPSA) is 172 Å². The summed E-state index contributed by atoms with van der Waals surface area (Å²) in [6.45, 7) is 7.17. The van der Waals surface area contributed by atoms with Gasteiger partial charge in [-0.25, -0.2) is 4.79 Å². The van der Waals surface area contributed by atoms with E-state index in [0.29, 0.717) is 25.7 Å². The fourth-order valence-electron chi connectivity index (χ4n) is 12.3. The molecule has 0 heterocycles. The molecule has 538 valence electrons. The minimum absolute atomic E-state index is 0.0197. The molecule has 0 radical (unpaired) electrons. The molecule has 0 amide bonds. The van der Waals surface area contributed by atoms with Gasteiger partial charge in [-0.05, 0) is 25.7 Å². The lowest BCUT2D eigenvalue weighted by Gasteiger charge is -2.31. The summed E-state index contributed by atoms with van der Waals surface area (Å²) in [5, 5.41) is 22.8. The molecule has 91 heavy (non-hydrogen) atoms. The Kier molecular flexibility index (Phi) is 66.6. The van der Waals surface area contributed by atoms with Crippen LogP contribution in [0.1, 0.15) is 426 Å². The van der Waals surface area contributed by atoms with E-state index in [9.17, 15) is 34.2 Å². The van der Waals surface area contributed by atoms with Crippen molar-refractivity contribution in [3.8, 4) is 0 Å². The van der Waals surface area contributed by atoms with E-state index in [0.717, 1.165) is 77.0 Å². The van der Waals surface area contributed by atoms with Crippen LogP contribution in [-0.4, -0.2) is 85.3 Å². The van der Waals surface area contributed by atoms with Crippen LogP contribution in [0.25, 0.3) is 0 Å². The van der Waals surface area contributed by atoms with E-state index < -0.39 is 80.1 Å². The van der Waals surface area contributed by atoms with E-state index >= 15 is 0 Å². The SMILES string of the molecule is CCCCCCCCCCCCCCCCCCOC(=O)CC(O)(CC(=O)OCC(CO)(COC(=O)CCCCCCCCCCCCCCC)COC(=O)CCCCCCCCCCCCCCC)C(=O)OCCCCCCCCCCCCCCCCCC. The number of carbonyl (C=O) groups is 5. The Bertz CT molecular complexity index is 1560. The van der Waals surface area contributed by atoms with Gasteiger partial charge in [0.15, 0.2) is 5.60 Å². The summed E-state index contributed by atoms with van der Waals surface area (Å²) in [7, 11) is 0. The molecule has 0 aromatic heterocycles. The molecule has 1 unspecified atom stereocenters. The smallest absolute Gasteiger partial charge is 0.339 e. The molecular formula is C79H150O12. The van der Waals surface area contributed by atoms with Crippen LogP contribution in [0, 0.1) is 5.41 Å². The molecule has 0 aliphatic heterocycles. The highest BCUT2D eigenvalue weighted by molar-refractivity contribution is 5.90. The fraction of sp³-hybridized carbons (Fsp3) is 0.937. The second-order valence-electron chi connectivity index (χ2n) is 28.0. The Balaban J connectivity index is 5.56. The van der Waals surface area contributed by atoms with Crippen LogP contribution in [-0.2, 0) is 47.7 Å². The highest BCUT2D eigenvalue weighted by Gasteiger charge is 2.44. The Hall–Kier alpha value is -2.73. The third kappa shape index (κ3) is 60.7. The first-order chi connectivity index (χ1) is 44.5. The lowest BCUT2D eigenvalue weighted by Crippen LogP contribution is -2.46. The predicted octanol–water partition coefficient (Wildman–Crippen LogP) is 22.7. The molecule has 2 N–H and O–H groups in total. The summed E-state index contributed by atoms with van der Waals surface area (Å²) in [6.07, 6.45) is 67.9. The minimum atomic E-state index is -2.58. The summed E-state index contributed by atoms with van der Waals surface area (Å²) in [5.74, 6) is -3.91. The molecule has 12 heteroatoms. The van der Waals surface area contributed by atoms with Gasteiger partial charge in [-0.15, -0.1) is 0 Å². The summed E-state index contributed by atoms with van der Waals surface area (Å²) in [4.78, 5) is 67.2. The zero-order valence-corrected chi connectivity index (χ0v) is 60.6. The van der Waals surface area contributed by atoms with Crippen LogP contribution in [0.4, 0.5) is 0 Å². The zero-order valence-electron chi connectivity index (χ0n) is 60.6. The largest absolute Gasteiger partial charge is 0.466 e. The second-order valence-corrected chi connectivity index (χ2v) is 28.0. The third-order valence-electron chi connectivity index (χ3n) is 18.7. The Morgan fingerprint density at radius 3 is 0.692 bits per heavy atom. The zero-order chi connectivity index (χ0) is 66.5. The molecule has 0 saturated carbocycles. The second kappa shape index (κ2) is 68.6. The molecule has 0 aromatic carbocycles. The molecule has 0 saturated heterocycles. The van der Waals surface area contributed by atoms with Gasteiger partial charge < -0.3 is 33.9 Å². The fourth-order valence-corrected chi connectivity index (χ4v) is 12.3. The highest BCUT2D eigenvalue weighted by atomic mass is 16.6. The van der Waals surface area contributed by atoms with Gasteiger partial charge >= 0.3 is 29.8 Å². The van der Waals surface area contributed by atoms with Crippen molar-refractivity contribution in [3.05, 3.63) is 0 Å². The number of unbranched alkanes of at least 4 members (excludes halogenated alkanes) is 54. The number of ether oxygens (including phenoxy) is 5. The van der Waals surface area contributed by atoms with Crippen molar-refractivity contribution >= 4 is 29.8 Å². The number of aliphatic hydroxyl groups is 2. The average molecular weight is 1290 g/mol. The standard InChI is InChI=1S/C79H150O12/c1-5-9-13-17-21-25-29-33-35-37-41-45-49-53-57-61-65-87-75(83)67-79(86,77(85)88-66-62-58-54-50-46-42-38-36-34-30-26-22-18-14-10-6-2)68-76(84)91-72-78(69-80,70-89-73(81)63-59-55-51-47-43-39-31-27-23-19-15-11-7-3)71-90-74(82)64-60-56-52-48-44-40-32-28-24-20-16-12-8-4/h80,86H,5-72H2,1-4H3. The van der Waals surface area contributed by atoms with Crippen LogP contribution in [0.5, 0.6) is 0 Å². The molecule has 0 fully saturated rings. The lowest BCUT2D eigenvalue weighted by atomic mass is 9.92. The number of aliphatic hydroxyl groups excluding tert-OH is 1. The van der Waals surface area contributed by atoms with E-state index in [4.69, 9.17) is 23.7 Å². The molecule has 0 aliphatic rings. The number of hydrogen-bond donors (Lipinski definition) is 2. The van der Waals surface area contributed by atoms with Gasteiger partial charge in [0, 0.05) is 12.8 Å². The third-order valence-corrected chi connectivity index (χ3v) is 18.7. The maximum atomic E-state index is 13.8. The van der Waals surface area contributed by atoms with E-state index in [1.54, 1.807) is 0 Å². The Morgan fingerprint density at radius 2 is 0.451 bits per heavy atom. The van der Waals surface area contributed by atoms with Gasteiger partial charge in [-0.2, -0.15) is 0 Å².